The molecule has 214 valence electrons. The summed E-state index contributed by atoms with van der Waals surface area (Å²) in [6.07, 6.45) is 2.23. The molecule has 0 saturated carbocycles. The molecule has 1 aromatic rings. The van der Waals surface area contributed by atoms with Gasteiger partial charge in [-0.15, -0.1) is 11.8 Å². The quantitative estimate of drug-likeness (QED) is 0.148. The second-order valence-corrected chi connectivity index (χ2v) is 10.3. The van der Waals surface area contributed by atoms with Crippen molar-refractivity contribution >= 4 is 65.5 Å². The first-order valence-corrected chi connectivity index (χ1v) is 13.7. The number of anilines is 1. The highest BCUT2D eigenvalue weighted by Crippen LogP contribution is 2.25. The van der Waals surface area contributed by atoms with Gasteiger partial charge in [-0.05, 0) is 24.1 Å². The van der Waals surface area contributed by atoms with E-state index in [9.17, 15) is 38.4 Å². The second-order valence-electron chi connectivity index (χ2n) is 9.10. The van der Waals surface area contributed by atoms with Gasteiger partial charge in [-0.3, -0.25) is 38.6 Å². The molecule has 0 aliphatic carbocycles. The Morgan fingerprint density at radius 3 is 2.40 bits per heavy atom. The van der Waals surface area contributed by atoms with Crippen LogP contribution in [0, 0.1) is 0 Å². The van der Waals surface area contributed by atoms with Gasteiger partial charge in [-0.2, -0.15) is 0 Å². The number of benzene rings is 1. The van der Waals surface area contributed by atoms with Crippen molar-refractivity contribution in [3.63, 3.8) is 0 Å². The molecule has 0 radical (unpaired) electrons. The molecule has 3 rings (SSSR count). The number of rotatable bonds is 16. The maximum Gasteiger partial charge on any atom is 0.250 e. The third kappa shape index (κ3) is 8.81. The minimum Gasteiger partial charge on any atom is -0.362 e. The van der Waals surface area contributed by atoms with E-state index in [0.29, 0.717) is 37.6 Å². The van der Waals surface area contributed by atoms with Crippen LogP contribution in [0.4, 0.5) is 5.69 Å². The molecule has 1 unspecified atom stereocenters. The summed E-state index contributed by atoms with van der Waals surface area (Å²) in [6, 6.07) is 5.91. The number of amides is 6. The van der Waals surface area contributed by atoms with E-state index in [1.165, 1.54) is 4.90 Å². The summed E-state index contributed by atoms with van der Waals surface area (Å²) in [6.45, 7) is -0.398. The molecular weight excluding hydrogens is 544 g/mol. The van der Waals surface area contributed by atoms with Gasteiger partial charge in [0.1, 0.15) is 25.8 Å². The molecule has 0 spiro atoms. The lowest BCUT2D eigenvalue weighted by atomic mass is 10.1. The van der Waals surface area contributed by atoms with Crippen molar-refractivity contribution in [3.05, 3.63) is 29.8 Å². The van der Waals surface area contributed by atoms with E-state index in [1.807, 2.05) is 0 Å². The smallest absolute Gasteiger partial charge is 0.250 e. The minimum atomic E-state index is -0.929. The number of aryl methyl sites for hydroxylation is 1. The highest BCUT2D eigenvalue weighted by Gasteiger charge is 2.38. The van der Waals surface area contributed by atoms with Crippen LogP contribution in [0.5, 0.6) is 0 Å². The van der Waals surface area contributed by atoms with Crippen molar-refractivity contribution in [1.82, 2.24) is 15.1 Å². The van der Waals surface area contributed by atoms with Crippen LogP contribution < -0.4 is 10.6 Å². The van der Waals surface area contributed by atoms with Crippen molar-refractivity contribution in [2.75, 3.05) is 37.4 Å². The normalized spacial score (nSPS) is 17.3. The summed E-state index contributed by atoms with van der Waals surface area (Å²) in [5.41, 5.74) is 1.36. The van der Waals surface area contributed by atoms with Crippen LogP contribution >= 0.6 is 11.8 Å². The Hall–Kier alpha value is -3.91. The highest BCUT2D eigenvalue weighted by molar-refractivity contribution is 8.00. The van der Waals surface area contributed by atoms with Gasteiger partial charge in [0.05, 0.1) is 11.3 Å². The molecule has 2 aliphatic rings. The maximum atomic E-state index is 12.3. The van der Waals surface area contributed by atoms with Crippen LogP contribution in [0.25, 0.3) is 0 Å². The minimum absolute atomic E-state index is 0.0213. The number of hydrogen-bond acceptors (Lipinski definition) is 10. The topological polar surface area (TPSA) is 176 Å². The van der Waals surface area contributed by atoms with Gasteiger partial charge in [0.15, 0.2) is 0 Å². The standard InChI is InChI=1S/C26H30N4O9S/c31-11-1-9-30-25(37)12-20(26(30)38)40-16-19(13-32)28-22(34)15-39-14-21(33)27-18-5-2-17(3-6-18)4-7-23(35)29-10-8-24(29)36/h2-3,5-6,11,13,19-20H,1,4,7-10,12,14-16H2,(H,27,33)(H,28,34)/t19-,20?/m1/s1. The van der Waals surface area contributed by atoms with Crippen LogP contribution in [0.2, 0.25) is 0 Å². The molecule has 2 aliphatic heterocycles. The Kier molecular flexibility index (Phi) is 11.5. The number of likely N-dealkylation sites (tertiary alicyclic amines) is 2. The van der Waals surface area contributed by atoms with Gasteiger partial charge in [-0.25, -0.2) is 0 Å². The molecule has 14 heteroatoms. The maximum absolute atomic E-state index is 12.3. The van der Waals surface area contributed by atoms with E-state index < -0.39 is 42.2 Å². The summed E-state index contributed by atoms with van der Waals surface area (Å²) >= 11 is 1.06. The highest BCUT2D eigenvalue weighted by atomic mass is 32.2. The third-order valence-electron chi connectivity index (χ3n) is 6.14. The number of hydrogen-bond donors (Lipinski definition) is 2. The molecule has 13 nitrogen and oxygen atoms in total. The van der Waals surface area contributed by atoms with Crippen molar-refractivity contribution in [2.45, 2.75) is 43.4 Å². The first kappa shape index (κ1) is 30.6. The first-order valence-electron chi connectivity index (χ1n) is 12.7. The molecule has 2 fully saturated rings. The van der Waals surface area contributed by atoms with Crippen molar-refractivity contribution < 1.29 is 43.1 Å². The molecule has 40 heavy (non-hydrogen) atoms. The largest absolute Gasteiger partial charge is 0.362 e. The zero-order chi connectivity index (χ0) is 29.1. The van der Waals surface area contributed by atoms with Crippen LogP contribution in [0.3, 0.4) is 0 Å². The molecule has 0 bridgehead atoms. The molecule has 2 saturated heterocycles. The predicted octanol–water partition coefficient (Wildman–Crippen LogP) is -0.533. The summed E-state index contributed by atoms with van der Waals surface area (Å²) in [5.74, 6) is -2.24. The average molecular weight is 575 g/mol. The molecule has 0 aromatic heterocycles. The van der Waals surface area contributed by atoms with Gasteiger partial charge < -0.3 is 25.0 Å². The van der Waals surface area contributed by atoms with Crippen LogP contribution in [0.15, 0.2) is 24.3 Å². The number of nitrogens with one attached hydrogen (secondary N) is 2. The Bertz CT molecular complexity index is 1160. The third-order valence-corrected chi connectivity index (χ3v) is 7.47. The average Bonchev–Trinajstić information content (AvgIpc) is 3.20. The van der Waals surface area contributed by atoms with Crippen LogP contribution in [-0.2, 0) is 49.5 Å². The number of carbonyl (C=O) groups is 8. The number of thioether (sulfide) groups is 1. The molecular formula is C26H30N4O9S. The van der Waals surface area contributed by atoms with Gasteiger partial charge in [-0.1, -0.05) is 12.1 Å². The van der Waals surface area contributed by atoms with E-state index in [-0.39, 0.29) is 49.3 Å². The number of carbonyl (C=O) groups excluding carboxylic acids is 8. The lowest BCUT2D eigenvalue weighted by Crippen LogP contribution is -2.47. The number of ether oxygens (including phenoxy) is 1. The number of aldehydes is 2. The predicted molar refractivity (Wildman–Crippen MR) is 142 cm³/mol. The van der Waals surface area contributed by atoms with Gasteiger partial charge in [0.25, 0.3) is 0 Å². The Morgan fingerprint density at radius 2 is 1.77 bits per heavy atom. The summed E-state index contributed by atoms with van der Waals surface area (Å²) in [4.78, 5) is 95.9. The van der Waals surface area contributed by atoms with Crippen molar-refractivity contribution in [2.24, 2.45) is 0 Å². The monoisotopic (exact) mass is 574 g/mol. The van der Waals surface area contributed by atoms with Gasteiger partial charge in [0.2, 0.25) is 35.4 Å². The number of imide groups is 2. The Morgan fingerprint density at radius 1 is 1.05 bits per heavy atom. The lowest BCUT2D eigenvalue weighted by Gasteiger charge is -2.28. The zero-order valence-electron chi connectivity index (χ0n) is 21.7. The number of nitrogens with zero attached hydrogens (tertiary/aromatic N) is 2. The summed E-state index contributed by atoms with van der Waals surface area (Å²) < 4.78 is 5.12. The summed E-state index contributed by atoms with van der Waals surface area (Å²) in [5, 5.41) is 4.37. The van der Waals surface area contributed by atoms with E-state index in [1.54, 1.807) is 24.3 Å². The Balaban J connectivity index is 1.31. The lowest BCUT2D eigenvalue weighted by molar-refractivity contribution is -0.152. The van der Waals surface area contributed by atoms with Crippen molar-refractivity contribution in [3.8, 4) is 0 Å². The van der Waals surface area contributed by atoms with Crippen LogP contribution in [0.1, 0.15) is 31.2 Å². The van der Waals surface area contributed by atoms with Gasteiger partial charge in [0, 0.05) is 50.2 Å². The first-order chi connectivity index (χ1) is 19.2. The van der Waals surface area contributed by atoms with Crippen molar-refractivity contribution in [1.29, 1.82) is 0 Å². The van der Waals surface area contributed by atoms with E-state index >= 15 is 0 Å². The van der Waals surface area contributed by atoms with E-state index in [2.05, 4.69) is 10.6 Å². The van der Waals surface area contributed by atoms with Gasteiger partial charge >= 0.3 is 0 Å². The fourth-order valence-electron chi connectivity index (χ4n) is 3.94. The molecule has 2 N–H and O–H groups in total. The second kappa shape index (κ2) is 15.0. The zero-order valence-corrected chi connectivity index (χ0v) is 22.5. The van der Waals surface area contributed by atoms with Crippen LogP contribution in [-0.4, -0.2) is 101 Å². The Labute approximate surface area is 234 Å². The fourth-order valence-corrected chi connectivity index (χ4v) is 5.07. The summed E-state index contributed by atoms with van der Waals surface area (Å²) in [7, 11) is 0. The molecule has 6 amide bonds. The van der Waals surface area contributed by atoms with E-state index in [4.69, 9.17) is 4.74 Å². The van der Waals surface area contributed by atoms with E-state index in [0.717, 1.165) is 22.2 Å². The number of β-lactam (4-membered cyclic amide) rings is 1. The molecule has 1 aromatic carbocycles. The SMILES string of the molecule is O=CCCN1C(=O)CC(SC[C@@H](C=O)NC(=O)COCC(=O)Nc2ccc(CCC(=O)N3CCC3=O)cc2)C1=O. The molecule has 2 heterocycles. The molecule has 2 atom stereocenters. The fraction of sp³-hybridized carbons (Fsp3) is 0.462.